The van der Waals surface area contributed by atoms with Crippen LogP contribution in [-0.2, 0) is 13.2 Å². The van der Waals surface area contributed by atoms with Gasteiger partial charge in [0.15, 0.2) is 0 Å². The van der Waals surface area contributed by atoms with Gasteiger partial charge in [-0.05, 0) is 29.8 Å². The van der Waals surface area contributed by atoms with Crippen molar-refractivity contribution in [3.63, 3.8) is 0 Å². The number of rotatable bonds is 4. The Morgan fingerprint density at radius 2 is 1.94 bits per heavy atom. The van der Waals surface area contributed by atoms with E-state index in [2.05, 4.69) is 0 Å². The number of aliphatic hydroxyl groups is 1. The van der Waals surface area contributed by atoms with Crippen molar-refractivity contribution in [2.45, 2.75) is 13.2 Å². The minimum Gasteiger partial charge on any atom is -0.489 e. The predicted molar refractivity (Wildman–Crippen MR) is 67.5 cm³/mol. The molecular weight excluding hydrogens is 233 g/mol. The first-order chi connectivity index (χ1) is 8.69. The number of halogens is 1. The van der Waals surface area contributed by atoms with Gasteiger partial charge in [-0.2, -0.15) is 0 Å². The van der Waals surface area contributed by atoms with Crippen molar-refractivity contribution in [2.75, 3.05) is 5.73 Å². The van der Waals surface area contributed by atoms with Crippen LogP contribution in [-0.4, -0.2) is 5.11 Å². The Morgan fingerprint density at radius 1 is 1.17 bits per heavy atom. The van der Waals surface area contributed by atoms with E-state index in [1.807, 2.05) is 12.1 Å². The van der Waals surface area contributed by atoms with E-state index in [0.29, 0.717) is 22.6 Å². The van der Waals surface area contributed by atoms with Gasteiger partial charge in [-0.15, -0.1) is 0 Å². The summed E-state index contributed by atoms with van der Waals surface area (Å²) in [5.41, 5.74) is 7.26. The van der Waals surface area contributed by atoms with E-state index in [0.717, 1.165) is 0 Å². The first-order valence-corrected chi connectivity index (χ1v) is 5.55. The number of benzene rings is 2. The van der Waals surface area contributed by atoms with Gasteiger partial charge in [-0.1, -0.05) is 18.2 Å². The second-order valence-electron chi connectivity index (χ2n) is 3.95. The summed E-state index contributed by atoms with van der Waals surface area (Å²) in [6.45, 7) is 0.112. The summed E-state index contributed by atoms with van der Waals surface area (Å²) in [7, 11) is 0. The summed E-state index contributed by atoms with van der Waals surface area (Å²) >= 11 is 0. The summed E-state index contributed by atoms with van der Waals surface area (Å²) in [6, 6.07) is 11.4. The molecule has 0 bridgehead atoms. The Bertz CT molecular complexity index is 523. The highest BCUT2D eigenvalue weighted by molar-refractivity contribution is 5.41. The van der Waals surface area contributed by atoms with Gasteiger partial charge in [0.25, 0.3) is 0 Å². The lowest BCUT2D eigenvalue weighted by Crippen LogP contribution is -2.00. The van der Waals surface area contributed by atoms with Gasteiger partial charge in [0, 0.05) is 11.3 Å². The Balaban J connectivity index is 2.11. The van der Waals surface area contributed by atoms with E-state index < -0.39 is 0 Å². The van der Waals surface area contributed by atoms with Crippen LogP contribution in [0.1, 0.15) is 11.1 Å². The van der Waals surface area contributed by atoms with Crippen LogP contribution >= 0.6 is 0 Å². The number of nitrogen functional groups attached to an aromatic ring is 1. The number of nitrogens with two attached hydrogens (primary N) is 1. The minimum atomic E-state index is -0.385. The Kier molecular flexibility index (Phi) is 3.79. The zero-order valence-corrected chi connectivity index (χ0v) is 9.77. The second kappa shape index (κ2) is 5.51. The highest BCUT2D eigenvalue weighted by atomic mass is 19.1. The Morgan fingerprint density at radius 3 is 2.67 bits per heavy atom. The van der Waals surface area contributed by atoms with Gasteiger partial charge in [0.2, 0.25) is 0 Å². The average Bonchev–Trinajstić information content (AvgIpc) is 2.35. The quantitative estimate of drug-likeness (QED) is 0.816. The van der Waals surface area contributed by atoms with E-state index >= 15 is 0 Å². The molecule has 0 radical (unpaired) electrons. The maximum Gasteiger partial charge on any atom is 0.125 e. The number of aliphatic hydroxyl groups excluding tert-OH is 1. The van der Waals surface area contributed by atoms with E-state index in [1.165, 1.54) is 12.1 Å². The number of anilines is 1. The third-order valence-electron chi connectivity index (χ3n) is 2.52. The van der Waals surface area contributed by atoms with E-state index in [9.17, 15) is 4.39 Å². The molecule has 0 amide bonds. The molecule has 3 N–H and O–H groups in total. The van der Waals surface area contributed by atoms with E-state index in [1.54, 1.807) is 18.2 Å². The second-order valence-corrected chi connectivity index (χ2v) is 3.95. The van der Waals surface area contributed by atoms with Crippen molar-refractivity contribution in [1.29, 1.82) is 0 Å². The first-order valence-electron chi connectivity index (χ1n) is 5.55. The molecule has 0 aliphatic heterocycles. The third kappa shape index (κ3) is 2.99. The van der Waals surface area contributed by atoms with Gasteiger partial charge < -0.3 is 15.6 Å². The van der Waals surface area contributed by atoms with Crippen molar-refractivity contribution in [3.05, 3.63) is 59.4 Å². The predicted octanol–water partition coefficient (Wildman–Crippen LogP) is 2.48. The molecule has 0 fully saturated rings. The zero-order chi connectivity index (χ0) is 13.0. The number of hydrogen-bond donors (Lipinski definition) is 2. The number of ether oxygens (including phenoxy) is 1. The molecule has 0 saturated carbocycles. The summed E-state index contributed by atoms with van der Waals surface area (Å²) in [4.78, 5) is 0. The maximum atomic E-state index is 13.1. The summed E-state index contributed by atoms with van der Waals surface area (Å²) in [5, 5.41) is 9.14. The topological polar surface area (TPSA) is 55.5 Å². The lowest BCUT2D eigenvalue weighted by atomic mass is 10.2. The Hall–Kier alpha value is -2.07. The van der Waals surface area contributed by atoms with Crippen LogP contribution in [0.25, 0.3) is 0 Å². The van der Waals surface area contributed by atoms with Gasteiger partial charge in [0.05, 0.1) is 6.61 Å². The summed E-state index contributed by atoms with van der Waals surface area (Å²) in [5.74, 6) is 0.201. The van der Waals surface area contributed by atoms with Gasteiger partial charge >= 0.3 is 0 Å². The molecule has 0 aliphatic carbocycles. The standard InChI is InChI=1S/C14H14FNO2/c15-12-5-10(6-13(16)7-12)9-18-14-4-2-1-3-11(14)8-17/h1-7,17H,8-9,16H2. The van der Waals surface area contributed by atoms with Crippen LogP contribution in [0, 0.1) is 5.82 Å². The molecule has 94 valence electrons. The number of para-hydroxylation sites is 1. The van der Waals surface area contributed by atoms with E-state index in [4.69, 9.17) is 15.6 Å². The number of hydrogen-bond acceptors (Lipinski definition) is 3. The van der Waals surface area contributed by atoms with Crippen LogP contribution in [0.3, 0.4) is 0 Å². The molecule has 0 unspecified atom stereocenters. The third-order valence-corrected chi connectivity index (χ3v) is 2.52. The monoisotopic (exact) mass is 247 g/mol. The fourth-order valence-corrected chi connectivity index (χ4v) is 1.70. The van der Waals surface area contributed by atoms with Gasteiger partial charge in [0.1, 0.15) is 18.2 Å². The lowest BCUT2D eigenvalue weighted by Gasteiger charge is -2.10. The SMILES string of the molecule is Nc1cc(F)cc(COc2ccccc2CO)c1. The minimum absolute atomic E-state index is 0.0958. The molecule has 3 nitrogen and oxygen atoms in total. The van der Waals surface area contributed by atoms with Crippen molar-refractivity contribution in [3.8, 4) is 5.75 Å². The van der Waals surface area contributed by atoms with Gasteiger partial charge in [-0.3, -0.25) is 0 Å². The molecule has 2 aromatic rings. The molecular formula is C14H14FNO2. The fraction of sp³-hybridized carbons (Fsp3) is 0.143. The molecule has 0 atom stereocenters. The van der Waals surface area contributed by atoms with Crippen molar-refractivity contribution >= 4 is 5.69 Å². The van der Waals surface area contributed by atoms with Crippen LogP contribution in [0.2, 0.25) is 0 Å². The smallest absolute Gasteiger partial charge is 0.125 e. The molecule has 4 heteroatoms. The fourth-order valence-electron chi connectivity index (χ4n) is 1.70. The van der Waals surface area contributed by atoms with Crippen molar-refractivity contribution in [2.24, 2.45) is 0 Å². The molecule has 0 aliphatic rings. The molecule has 0 heterocycles. The molecule has 0 aromatic heterocycles. The molecule has 2 rings (SSSR count). The molecule has 0 saturated heterocycles. The van der Waals surface area contributed by atoms with E-state index in [-0.39, 0.29) is 19.0 Å². The van der Waals surface area contributed by atoms with Crippen molar-refractivity contribution < 1.29 is 14.2 Å². The largest absolute Gasteiger partial charge is 0.489 e. The Labute approximate surface area is 105 Å². The van der Waals surface area contributed by atoms with Crippen LogP contribution in [0.4, 0.5) is 10.1 Å². The highest BCUT2D eigenvalue weighted by Crippen LogP contribution is 2.20. The summed E-state index contributed by atoms with van der Waals surface area (Å²) < 4.78 is 18.7. The lowest BCUT2D eigenvalue weighted by molar-refractivity contribution is 0.259. The first kappa shape index (κ1) is 12.4. The molecule has 18 heavy (non-hydrogen) atoms. The average molecular weight is 247 g/mol. The van der Waals surface area contributed by atoms with Crippen molar-refractivity contribution in [1.82, 2.24) is 0 Å². The van der Waals surface area contributed by atoms with Crippen LogP contribution < -0.4 is 10.5 Å². The van der Waals surface area contributed by atoms with Gasteiger partial charge in [-0.25, -0.2) is 4.39 Å². The molecule has 0 spiro atoms. The summed E-state index contributed by atoms with van der Waals surface area (Å²) in [6.07, 6.45) is 0. The normalized spacial score (nSPS) is 10.3. The highest BCUT2D eigenvalue weighted by Gasteiger charge is 2.03. The zero-order valence-electron chi connectivity index (χ0n) is 9.77. The van der Waals surface area contributed by atoms with Crippen LogP contribution in [0.5, 0.6) is 5.75 Å². The maximum absolute atomic E-state index is 13.1. The van der Waals surface area contributed by atoms with Crippen LogP contribution in [0.15, 0.2) is 42.5 Å². The molecule has 2 aromatic carbocycles.